The van der Waals surface area contributed by atoms with Gasteiger partial charge in [0, 0.05) is 12.7 Å². The van der Waals surface area contributed by atoms with Crippen molar-refractivity contribution in [3.05, 3.63) is 15.5 Å². The fourth-order valence-electron chi connectivity index (χ4n) is 1.12. The second kappa shape index (κ2) is 6.37. The number of alkyl halides is 2. The Morgan fingerprint density at radius 2 is 2.33 bits per heavy atom. The zero-order valence-corrected chi connectivity index (χ0v) is 10.6. The third-order valence-corrected chi connectivity index (χ3v) is 2.62. The molecule has 0 radical (unpaired) electrons. The minimum absolute atomic E-state index is 0.152. The molecule has 0 aromatic carbocycles. The van der Waals surface area contributed by atoms with E-state index in [0.29, 0.717) is 0 Å². The lowest BCUT2D eigenvalue weighted by molar-refractivity contribution is 0.00849. The summed E-state index contributed by atoms with van der Waals surface area (Å²) >= 11 is 2.13. The molecule has 0 saturated heterocycles. The Bertz CT molecular complexity index is 304. The number of hydrogen-bond acceptors (Lipinski definition) is 2. The van der Waals surface area contributed by atoms with Gasteiger partial charge in [-0.25, -0.2) is 8.78 Å². The van der Waals surface area contributed by atoms with Gasteiger partial charge in [-0.1, -0.05) is 6.92 Å². The first-order chi connectivity index (χ1) is 7.13. The first-order valence-electron chi connectivity index (χ1n) is 4.71. The molecule has 0 N–H and O–H groups in total. The standard InChI is InChI=1S/C9H13F2IN2O/c1-2-3-14-4-7(12)8(13-14)5-15-6-9(10)11/h4,9H,2-3,5-6H2,1H3. The molecular weight excluding hydrogens is 317 g/mol. The molecule has 0 spiro atoms. The fraction of sp³-hybridized carbons (Fsp3) is 0.667. The highest BCUT2D eigenvalue weighted by molar-refractivity contribution is 14.1. The van der Waals surface area contributed by atoms with Crippen molar-refractivity contribution in [2.45, 2.75) is 32.9 Å². The second-order valence-corrected chi connectivity index (χ2v) is 4.26. The van der Waals surface area contributed by atoms with Gasteiger partial charge in [-0.3, -0.25) is 4.68 Å². The number of nitrogens with zero attached hydrogens (tertiary/aromatic N) is 2. The first kappa shape index (κ1) is 12.8. The quantitative estimate of drug-likeness (QED) is 0.750. The monoisotopic (exact) mass is 330 g/mol. The van der Waals surface area contributed by atoms with Gasteiger partial charge in [-0.15, -0.1) is 0 Å². The van der Waals surface area contributed by atoms with Crippen molar-refractivity contribution >= 4 is 22.6 Å². The zero-order chi connectivity index (χ0) is 11.3. The molecule has 0 fully saturated rings. The van der Waals surface area contributed by atoms with Crippen LogP contribution in [0.2, 0.25) is 0 Å². The SMILES string of the molecule is CCCn1cc(I)c(COCC(F)F)n1. The van der Waals surface area contributed by atoms with Crippen molar-refractivity contribution < 1.29 is 13.5 Å². The number of hydrogen-bond donors (Lipinski definition) is 0. The lowest BCUT2D eigenvalue weighted by Gasteiger charge is -2.01. The van der Waals surface area contributed by atoms with Crippen LogP contribution in [-0.2, 0) is 17.9 Å². The minimum atomic E-state index is -2.42. The molecule has 0 saturated carbocycles. The molecular formula is C9H13F2IN2O. The van der Waals surface area contributed by atoms with Gasteiger partial charge in [0.05, 0.1) is 10.2 Å². The molecule has 1 aromatic heterocycles. The van der Waals surface area contributed by atoms with Crippen LogP contribution in [0.15, 0.2) is 6.20 Å². The lowest BCUT2D eigenvalue weighted by atomic mass is 10.5. The van der Waals surface area contributed by atoms with E-state index in [-0.39, 0.29) is 6.61 Å². The van der Waals surface area contributed by atoms with Crippen LogP contribution in [0, 0.1) is 3.57 Å². The molecule has 0 unspecified atom stereocenters. The predicted octanol–water partition coefficient (Wildman–Crippen LogP) is 2.68. The van der Waals surface area contributed by atoms with Crippen LogP contribution in [0.1, 0.15) is 19.0 Å². The first-order valence-corrected chi connectivity index (χ1v) is 5.79. The summed E-state index contributed by atoms with van der Waals surface area (Å²) < 4.78 is 31.2. The van der Waals surface area contributed by atoms with E-state index in [2.05, 4.69) is 34.6 Å². The molecule has 15 heavy (non-hydrogen) atoms. The van der Waals surface area contributed by atoms with Crippen LogP contribution < -0.4 is 0 Å². The van der Waals surface area contributed by atoms with Crippen molar-refractivity contribution in [3.8, 4) is 0 Å². The van der Waals surface area contributed by atoms with E-state index in [9.17, 15) is 8.78 Å². The normalized spacial score (nSPS) is 11.3. The topological polar surface area (TPSA) is 27.1 Å². The summed E-state index contributed by atoms with van der Waals surface area (Å²) in [5.74, 6) is 0. The summed E-state index contributed by atoms with van der Waals surface area (Å²) in [6, 6.07) is 0. The van der Waals surface area contributed by atoms with Crippen molar-refractivity contribution in [1.29, 1.82) is 0 Å². The highest BCUT2D eigenvalue weighted by Crippen LogP contribution is 2.12. The van der Waals surface area contributed by atoms with Gasteiger partial charge < -0.3 is 4.74 Å². The highest BCUT2D eigenvalue weighted by atomic mass is 127. The summed E-state index contributed by atoms with van der Waals surface area (Å²) in [5, 5.41) is 4.24. The van der Waals surface area contributed by atoms with Crippen molar-refractivity contribution in [2.24, 2.45) is 0 Å². The van der Waals surface area contributed by atoms with E-state index in [1.165, 1.54) is 0 Å². The van der Waals surface area contributed by atoms with E-state index in [4.69, 9.17) is 4.74 Å². The van der Waals surface area contributed by atoms with Gasteiger partial charge in [0.1, 0.15) is 12.3 Å². The maximum atomic E-state index is 11.8. The van der Waals surface area contributed by atoms with Crippen LogP contribution in [0.5, 0.6) is 0 Å². The molecule has 0 aliphatic heterocycles. The number of ether oxygens (including phenoxy) is 1. The maximum Gasteiger partial charge on any atom is 0.261 e. The number of halogens is 3. The summed E-state index contributed by atoms with van der Waals surface area (Å²) in [7, 11) is 0. The van der Waals surface area contributed by atoms with Crippen LogP contribution in [0.3, 0.4) is 0 Å². The van der Waals surface area contributed by atoms with Crippen LogP contribution >= 0.6 is 22.6 Å². The third-order valence-electron chi connectivity index (χ3n) is 1.72. The van der Waals surface area contributed by atoms with Gasteiger partial charge in [-0.05, 0) is 29.0 Å². The Morgan fingerprint density at radius 1 is 1.60 bits per heavy atom. The third kappa shape index (κ3) is 4.42. The van der Waals surface area contributed by atoms with Crippen molar-refractivity contribution in [2.75, 3.05) is 6.61 Å². The lowest BCUT2D eigenvalue weighted by Crippen LogP contribution is -2.05. The molecule has 6 heteroatoms. The van der Waals surface area contributed by atoms with Gasteiger partial charge in [0.2, 0.25) is 0 Å². The molecule has 1 aromatic rings. The predicted molar refractivity (Wildman–Crippen MR) is 60.9 cm³/mol. The van der Waals surface area contributed by atoms with E-state index >= 15 is 0 Å². The average Bonchev–Trinajstić information content (AvgIpc) is 2.47. The van der Waals surface area contributed by atoms with Crippen molar-refractivity contribution in [3.63, 3.8) is 0 Å². The van der Waals surface area contributed by atoms with Crippen LogP contribution in [0.4, 0.5) is 8.78 Å². The number of aryl methyl sites for hydroxylation is 1. The molecule has 1 rings (SSSR count). The Balaban J connectivity index is 2.46. The fourth-order valence-corrected chi connectivity index (χ4v) is 1.71. The van der Waals surface area contributed by atoms with Crippen LogP contribution in [-0.4, -0.2) is 22.8 Å². The molecule has 0 bridgehead atoms. The molecule has 86 valence electrons. The van der Waals surface area contributed by atoms with E-state index in [0.717, 1.165) is 22.2 Å². The molecule has 3 nitrogen and oxygen atoms in total. The highest BCUT2D eigenvalue weighted by Gasteiger charge is 2.08. The van der Waals surface area contributed by atoms with Gasteiger partial charge in [-0.2, -0.15) is 5.10 Å². The molecule has 0 atom stereocenters. The average molecular weight is 330 g/mol. The minimum Gasteiger partial charge on any atom is -0.369 e. The summed E-state index contributed by atoms with van der Waals surface area (Å²) in [6.07, 6.45) is 0.473. The Hall–Kier alpha value is -0.240. The number of aromatic nitrogens is 2. The van der Waals surface area contributed by atoms with Gasteiger partial charge in [0.25, 0.3) is 6.43 Å². The van der Waals surface area contributed by atoms with Gasteiger partial charge in [0.15, 0.2) is 0 Å². The Kier molecular flexibility index (Phi) is 5.44. The molecule has 0 amide bonds. The van der Waals surface area contributed by atoms with E-state index in [1.807, 2.05) is 10.9 Å². The van der Waals surface area contributed by atoms with E-state index < -0.39 is 13.0 Å². The maximum absolute atomic E-state index is 11.8. The molecule has 1 heterocycles. The van der Waals surface area contributed by atoms with Crippen molar-refractivity contribution in [1.82, 2.24) is 9.78 Å². The number of rotatable bonds is 6. The summed E-state index contributed by atoms with van der Waals surface area (Å²) in [6.45, 7) is 2.52. The summed E-state index contributed by atoms with van der Waals surface area (Å²) in [4.78, 5) is 0. The summed E-state index contributed by atoms with van der Waals surface area (Å²) in [5.41, 5.74) is 0.727. The smallest absolute Gasteiger partial charge is 0.261 e. The molecule has 0 aliphatic rings. The van der Waals surface area contributed by atoms with Crippen LogP contribution in [0.25, 0.3) is 0 Å². The van der Waals surface area contributed by atoms with Gasteiger partial charge >= 0.3 is 0 Å². The largest absolute Gasteiger partial charge is 0.369 e. The second-order valence-electron chi connectivity index (χ2n) is 3.09. The Labute approximate surface area is 101 Å². The zero-order valence-electron chi connectivity index (χ0n) is 8.42. The van der Waals surface area contributed by atoms with E-state index in [1.54, 1.807) is 0 Å². The Morgan fingerprint density at radius 3 is 2.93 bits per heavy atom. The molecule has 0 aliphatic carbocycles.